The van der Waals surface area contributed by atoms with E-state index in [2.05, 4.69) is 10.6 Å². The second kappa shape index (κ2) is 9.40. The molecule has 8 heteroatoms. The molecular formula is C18H20N3O5-. The van der Waals surface area contributed by atoms with Gasteiger partial charge >= 0.3 is 0 Å². The third-order valence-electron chi connectivity index (χ3n) is 3.50. The van der Waals surface area contributed by atoms with Crippen molar-refractivity contribution in [3.63, 3.8) is 0 Å². The molecule has 138 valence electrons. The van der Waals surface area contributed by atoms with Crippen molar-refractivity contribution in [2.75, 3.05) is 30.2 Å². The number of ketones is 1. The molecule has 3 N–H and O–H groups in total. The molecule has 0 aliphatic heterocycles. The summed E-state index contributed by atoms with van der Waals surface area (Å²) in [7, 11) is 0. The number of carbonyl (C=O) groups is 2. The third kappa shape index (κ3) is 6.08. The Morgan fingerprint density at radius 2 is 1.73 bits per heavy atom. The predicted octanol–water partition coefficient (Wildman–Crippen LogP) is 2.19. The van der Waals surface area contributed by atoms with E-state index in [4.69, 9.17) is 9.94 Å². The Hall–Kier alpha value is -3.10. The third-order valence-corrected chi connectivity index (χ3v) is 3.50. The summed E-state index contributed by atoms with van der Waals surface area (Å²) < 4.78 is 5.35. The van der Waals surface area contributed by atoms with Crippen LogP contribution in [0, 0.1) is 5.21 Å². The Labute approximate surface area is 150 Å². The number of rotatable bonds is 9. The van der Waals surface area contributed by atoms with Crippen molar-refractivity contribution in [1.82, 2.24) is 5.32 Å². The van der Waals surface area contributed by atoms with Gasteiger partial charge in [-0.1, -0.05) is 0 Å². The van der Waals surface area contributed by atoms with Gasteiger partial charge in [0.15, 0.2) is 12.4 Å². The van der Waals surface area contributed by atoms with Crippen molar-refractivity contribution < 1.29 is 19.5 Å². The maximum Gasteiger partial charge on any atom is 0.258 e. The van der Waals surface area contributed by atoms with E-state index in [0.29, 0.717) is 24.4 Å². The second-order valence-electron chi connectivity index (χ2n) is 5.47. The minimum absolute atomic E-state index is 0.0295. The van der Waals surface area contributed by atoms with E-state index in [0.717, 1.165) is 5.69 Å². The molecule has 0 saturated carbocycles. The summed E-state index contributed by atoms with van der Waals surface area (Å²) in [4.78, 5) is 22.9. The van der Waals surface area contributed by atoms with Crippen LogP contribution in [0.5, 0.6) is 5.75 Å². The molecule has 0 heterocycles. The zero-order valence-electron chi connectivity index (χ0n) is 14.3. The van der Waals surface area contributed by atoms with Gasteiger partial charge in [0.05, 0.1) is 5.69 Å². The maximum atomic E-state index is 11.7. The average Bonchev–Trinajstić information content (AvgIpc) is 2.64. The van der Waals surface area contributed by atoms with Crippen LogP contribution >= 0.6 is 0 Å². The highest BCUT2D eigenvalue weighted by Gasteiger charge is 2.04. The first-order chi connectivity index (χ1) is 12.5. The fourth-order valence-electron chi connectivity index (χ4n) is 2.10. The SMILES string of the molecule is CC(=O)c1ccc(OCC(=O)NCCNc2ccc(N([O-])O)cc2)cc1. The van der Waals surface area contributed by atoms with Crippen LogP contribution in [-0.4, -0.2) is 36.6 Å². The molecule has 2 aromatic carbocycles. The number of hydrogen-bond acceptors (Lipinski definition) is 7. The van der Waals surface area contributed by atoms with Crippen molar-refractivity contribution in [2.24, 2.45) is 0 Å². The smallest absolute Gasteiger partial charge is 0.258 e. The molecule has 26 heavy (non-hydrogen) atoms. The molecule has 0 fully saturated rings. The minimum atomic E-state index is -0.264. The molecule has 0 aromatic heterocycles. The quantitative estimate of drug-likeness (QED) is 0.358. The lowest BCUT2D eigenvalue weighted by Crippen LogP contribution is -2.32. The molecule has 0 radical (unpaired) electrons. The van der Waals surface area contributed by atoms with Gasteiger partial charge in [-0.2, -0.15) is 0 Å². The Bertz CT molecular complexity index is 729. The molecule has 0 spiro atoms. The monoisotopic (exact) mass is 358 g/mol. The molecule has 0 bridgehead atoms. The first-order valence-corrected chi connectivity index (χ1v) is 7.96. The summed E-state index contributed by atoms with van der Waals surface area (Å²) >= 11 is 0. The summed E-state index contributed by atoms with van der Waals surface area (Å²) in [6.07, 6.45) is 0. The molecule has 2 rings (SSSR count). The molecule has 8 nitrogen and oxygen atoms in total. The fourth-order valence-corrected chi connectivity index (χ4v) is 2.10. The van der Waals surface area contributed by atoms with Crippen LogP contribution in [0.2, 0.25) is 0 Å². The van der Waals surface area contributed by atoms with Gasteiger partial charge in [-0.05, 0) is 55.5 Å². The van der Waals surface area contributed by atoms with E-state index in [1.165, 1.54) is 19.1 Å². The van der Waals surface area contributed by atoms with Crippen LogP contribution < -0.4 is 20.6 Å². The van der Waals surface area contributed by atoms with Crippen LogP contribution in [0.15, 0.2) is 48.5 Å². The lowest BCUT2D eigenvalue weighted by molar-refractivity contribution is -0.123. The van der Waals surface area contributed by atoms with E-state index in [9.17, 15) is 14.8 Å². The number of ether oxygens (including phenoxy) is 1. The number of hydrogen-bond donors (Lipinski definition) is 3. The minimum Gasteiger partial charge on any atom is -0.733 e. The van der Waals surface area contributed by atoms with Crippen LogP contribution in [0.4, 0.5) is 11.4 Å². The molecule has 1 amide bonds. The molecule has 0 saturated heterocycles. The van der Waals surface area contributed by atoms with Crippen LogP contribution in [0.1, 0.15) is 17.3 Å². The topological polar surface area (TPSA) is 114 Å². The van der Waals surface area contributed by atoms with Crippen molar-refractivity contribution >= 4 is 23.1 Å². The van der Waals surface area contributed by atoms with Gasteiger partial charge in [0.25, 0.3) is 5.91 Å². The molecule has 0 atom stereocenters. The van der Waals surface area contributed by atoms with Gasteiger partial charge in [-0.15, -0.1) is 0 Å². The fraction of sp³-hybridized carbons (Fsp3) is 0.222. The lowest BCUT2D eigenvalue weighted by atomic mass is 10.1. The summed E-state index contributed by atoms with van der Waals surface area (Å²) in [5, 5.41) is 25.0. The Balaban J connectivity index is 1.65. The number of anilines is 2. The van der Waals surface area contributed by atoms with E-state index >= 15 is 0 Å². The second-order valence-corrected chi connectivity index (χ2v) is 5.47. The van der Waals surface area contributed by atoms with E-state index < -0.39 is 0 Å². The predicted molar refractivity (Wildman–Crippen MR) is 97.5 cm³/mol. The van der Waals surface area contributed by atoms with Crippen molar-refractivity contribution in [3.05, 3.63) is 59.3 Å². The average molecular weight is 358 g/mol. The van der Waals surface area contributed by atoms with Crippen LogP contribution in [-0.2, 0) is 4.79 Å². The first-order valence-electron chi connectivity index (χ1n) is 7.96. The normalized spacial score (nSPS) is 10.1. The highest BCUT2D eigenvalue weighted by Crippen LogP contribution is 2.15. The van der Waals surface area contributed by atoms with E-state index in [1.54, 1.807) is 36.4 Å². The number of benzene rings is 2. The van der Waals surface area contributed by atoms with Gasteiger partial charge in [0, 0.05) is 24.3 Å². The molecular weight excluding hydrogens is 338 g/mol. The summed E-state index contributed by atoms with van der Waals surface area (Å²) in [5.74, 6) is 0.220. The highest BCUT2D eigenvalue weighted by molar-refractivity contribution is 5.94. The zero-order chi connectivity index (χ0) is 18.9. The lowest BCUT2D eigenvalue weighted by Gasteiger charge is -2.21. The number of Topliss-reactive ketones (excluding diaryl/α,β-unsaturated/α-hetero) is 1. The Morgan fingerprint density at radius 1 is 1.08 bits per heavy atom. The number of carbonyl (C=O) groups excluding carboxylic acids is 2. The van der Waals surface area contributed by atoms with Crippen LogP contribution in [0.3, 0.4) is 0 Å². The van der Waals surface area contributed by atoms with E-state index in [-0.39, 0.29) is 29.2 Å². The number of nitrogens with one attached hydrogen (secondary N) is 2. The highest BCUT2D eigenvalue weighted by atomic mass is 16.8. The zero-order valence-corrected chi connectivity index (χ0v) is 14.3. The molecule has 2 aromatic rings. The molecule has 0 aliphatic carbocycles. The maximum absolute atomic E-state index is 11.7. The summed E-state index contributed by atoms with van der Waals surface area (Å²) in [6.45, 7) is 2.24. The summed E-state index contributed by atoms with van der Waals surface area (Å²) in [5.41, 5.74) is 1.48. The van der Waals surface area contributed by atoms with Gasteiger partial charge in [0.2, 0.25) is 0 Å². The Morgan fingerprint density at radius 3 is 2.31 bits per heavy atom. The van der Waals surface area contributed by atoms with Crippen molar-refractivity contribution in [1.29, 1.82) is 0 Å². The number of amides is 1. The van der Waals surface area contributed by atoms with Gasteiger partial charge in [-0.25, -0.2) is 0 Å². The van der Waals surface area contributed by atoms with Crippen molar-refractivity contribution in [2.45, 2.75) is 6.92 Å². The largest absolute Gasteiger partial charge is 0.733 e. The first kappa shape index (κ1) is 19.2. The van der Waals surface area contributed by atoms with Gasteiger partial charge in [0.1, 0.15) is 5.75 Å². The van der Waals surface area contributed by atoms with Crippen molar-refractivity contribution in [3.8, 4) is 5.75 Å². The van der Waals surface area contributed by atoms with E-state index in [1.807, 2.05) is 0 Å². The molecule has 0 unspecified atom stereocenters. The standard InChI is InChI=1S/C18H20N3O5/c1-13(22)14-2-8-17(9-3-14)26-12-18(23)20-11-10-19-15-4-6-16(7-5-15)21(24)25/h2-9,19,24H,10-12H2,1H3,(H,20,23)/q-1. The summed E-state index contributed by atoms with van der Waals surface area (Å²) in [6, 6.07) is 12.8. The van der Waals surface area contributed by atoms with Gasteiger partial charge < -0.3 is 25.8 Å². The number of nitrogens with zero attached hydrogens (tertiary/aromatic N) is 1. The van der Waals surface area contributed by atoms with Gasteiger partial charge in [-0.3, -0.25) is 14.8 Å². The Kier molecular flexibility index (Phi) is 6.95. The van der Waals surface area contributed by atoms with Crippen LogP contribution in [0.25, 0.3) is 0 Å². The molecule has 0 aliphatic rings.